The number of carbonyl (C=O) groups is 2. The number of furan rings is 1. The van der Waals surface area contributed by atoms with Crippen LogP contribution >= 0.6 is 0 Å². The van der Waals surface area contributed by atoms with Gasteiger partial charge in [0.15, 0.2) is 12.3 Å². The highest BCUT2D eigenvalue weighted by Crippen LogP contribution is 2.17. The SMILES string of the molecule is CCCCn1c(N)c(N(CCOC)C(=O)COC(=O)/C=C/c2ccco2)c(=O)[nH]c1=O. The molecule has 0 saturated carbocycles. The van der Waals surface area contributed by atoms with E-state index < -0.39 is 29.7 Å². The number of rotatable bonds is 11. The van der Waals surface area contributed by atoms with Crippen molar-refractivity contribution in [3.63, 3.8) is 0 Å². The number of anilines is 2. The lowest BCUT2D eigenvalue weighted by atomic mass is 10.3. The highest BCUT2D eigenvalue weighted by Gasteiger charge is 2.24. The molecule has 168 valence electrons. The summed E-state index contributed by atoms with van der Waals surface area (Å²) in [5.74, 6) is -1.17. The Balaban J connectivity index is 2.22. The number of H-pyrrole nitrogens is 1. The van der Waals surface area contributed by atoms with Gasteiger partial charge in [0.2, 0.25) is 0 Å². The Morgan fingerprint density at radius 3 is 2.77 bits per heavy atom. The van der Waals surface area contributed by atoms with Gasteiger partial charge in [0, 0.05) is 26.3 Å². The molecule has 31 heavy (non-hydrogen) atoms. The summed E-state index contributed by atoms with van der Waals surface area (Å²) in [6.45, 7) is 1.64. The second-order valence-electron chi connectivity index (χ2n) is 6.49. The van der Waals surface area contributed by atoms with Gasteiger partial charge in [-0.3, -0.25) is 24.0 Å². The molecular weight excluding hydrogens is 408 g/mol. The molecule has 0 aromatic carbocycles. The topological polar surface area (TPSA) is 150 Å². The lowest BCUT2D eigenvalue weighted by Gasteiger charge is -2.24. The van der Waals surface area contributed by atoms with E-state index in [4.69, 9.17) is 19.6 Å². The number of unbranched alkanes of at least 4 members (excludes halogenated alkanes) is 1. The van der Waals surface area contributed by atoms with Gasteiger partial charge in [-0.25, -0.2) is 9.59 Å². The van der Waals surface area contributed by atoms with Crippen LogP contribution in [0.3, 0.4) is 0 Å². The van der Waals surface area contributed by atoms with Gasteiger partial charge in [0.1, 0.15) is 11.6 Å². The maximum atomic E-state index is 12.8. The molecule has 2 aromatic heterocycles. The molecule has 0 unspecified atom stereocenters. The number of hydrogen-bond donors (Lipinski definition) is 2. The van der Waals surface area contributed by atoms with Gasteiger partial charge in [-0.05, 0) is 24.6 Å². The Labute approximate surface area is 178 Å². The van der Waals surface area contributed by atoms with Crippen LogP contribution in [0.2, 0.25) is 0 Å². The first-order valence-corrected chi connectivity index (χ1v) is 9.69. The summed E-state index contributed by atoms with van der Waals surface area (Å²) < 4.78 is 16.2. The Hall–Kier alpha value is -3.60. The molecular formula is C20H26N4O7. The zero-order valence-electron chi connectivity index (χ0n) is 17.5. The van der Waals surface area contributed by atoms with Crippen LogP contribution in [0.25, 0.3) is 6.08 Å². The van der Waals surface area contributed by atoms with Crippen LogP contribution in [0.5, 0.6) is 0 Å². The third-order valence-corrected chi connectivity index (χ3v) is 4.30. The summed E-state index contributed by atoms with van der Waals surface area (Å²) >= 11 is 0. The number of nitrogens with zero attached hydrogens (tertiary/aromatic N) is 2. The van der Waals surface area contributed by atoms with Crippen LogP contribution in [0, 0.1) is 0 Å². The highest BCUT2D eigenvalue weighted by atomic mass is 16.5. The number of nitrogens with two attached hydrogens (primary N) is 1. The molecule has 2 heterocycles. The van der Waals surface area contributed by atoms with E-state index in [1.54, 1.807) is 12.1 Å². The number of aromatic nitrogens is 2. The second kappa shape index (κ2) is 11.6. The van der Waals surface area contributed by atoms with Crippen molar-refractivity contribution in [2.45, 2.75) is 26.3 Å². The van der Waals surface area contributed by atoms with Gasteiger partial charge in [0.25, 0.3) is 11.5 Å². The number of carbonyl (C=O) groups excluding carboxylic acids is 2. The van der Waals surface area contributed by atoms with Crippen LogP contribution in [-0.2, 0) is 25.6 Å². The van der Waals surface area contributed by atoms with Crippen molar-refractivity contribution in [3.05, 3.63) is 51.1 Å². The fourth-order valence-corrected chi connectivity index (χ4v) is 2.72. The first kappa shape index (κ1) is 23.7. The quantitative estimate of drug-likeness (QED) is 0.388. The van der Waals surface area contributed by atoms with E-state index in [0.29, 0.717) is 12.2 Å². The van der Waals surface area contributed by atoms with Gasteiger partial charge >= 0.3 is 11.7 Å². The van der Waals surface area contributed by atoms with Crippen LogP contribution in [0.4, 0.5) is 11.5 Å². The van der Waals surface area contributed by atoms with Gasteiger partial charge < -0.3 is 19.6 Å². The van der Waals surface area contributed by atoms with Crippen molar-refractivity contribution in [2.75, 3.05) is 37.5 Å². The molecule has 0 aliphatic rings. The number of nitrogens with one attached hydrogen (secondary N) is 1. The minimum Gasteiger partial charge on any atom is -0.465 e. The summed E-state index contributed by atoms with van der Waals surface area (Å²) in [6, 6.07) is 3.30. The van der Waals surface area contributed by atoms with E-state index >= 15 is 0 Å². The number of methoxy groups -OCH3 is 1. The molecule has 0 bridgehead atoms. The Bertz CT molecular complexity index is 1020. The number of esters is 1. The van der Waals surface area contributed by atoms with Crippen molar-refractivity contribution in [3.8, 4) is 0 Å². The summed E-state index contributed by atoms with van der Waals surface area (Å²) in [4.78, 5) is 52.4. The van der Waals surface area contributed by atoms with Crippen molar-refractivity contribution in [2.24, 2.45) is 0 Å². The molecule has 0 spiro atoms. The fraction of sp³-hybridized carbons (Fsp3) is 0.400. The molecule has 2 aromatic rings. The molecule has 0 radical (unpaired) electrons. The van der Waals surface area contributed by atoms with Crippen LogP contribution in [0.1, 0.15) is 25.5 Å². The Morgan fingerprint density at radius 2 is 2.13 bits per heavy atom. The molecule has 0 aliphatic heterocycles. The van der Waals surface area contributed by atoms with Gasteiger partial charge in [-0.2, -0.15) is 0 Å². The molecule has 0 aliphatic carbocycles. The molecule has 11 heteroatoms. The highest BCUT2D eigenvalue weighted by molar-refractivity contribution is 5.98. The van der Waals surface area contributed by atoms with E-state index in [-0.39, 0.29) is 31.2 Å². The standard InChI is InChI=1S/C20H26N4O7/c1-3-4-9-24-18(21)17(19(27)22-20(24)28)23(10-12-29-2)15(25)13-31-16(26)8-7-14-6-5-11-30-14/h5-8,11H,3-4,9-10,12-13,21H2,1-2H3,(H,22,27,28)/b8-7+. The van der Waals surface area contributed by atoms with Crippen molar-refractivity contribution in [1.82, 2.24) is 9.55 Å². The molecule has 1 amide bonds. The molecule has 0 saturated heterocycles. The molecule has 0 fully saturated rings. The smallest absolute Gasteiger partial charge is 0.331 e. The normalized spacial score (nSPS) is 11.0. The van der Waals surface area contributed by atoms with Crippen molar-refractivity contribution in [1.29, 1.82) is 0 Å². The molecule has 11 nitrogen and oxygen atoms in total. The number of ether oxygens (including phenoxy) is 2. The predicted molar refractivity (Wildman–Crippen MR) is 114 cm³/mol. The lowest BCUT2D eigenvalue weighted by molar-refractivity contribution is -0.142. The maximum Gasteiger partial charge on any atom is 0.331 e. The molecule has 3 N–H and O–H groups in total. The minimum atomic E-state index is -0.816. The third-order valence-electron chi connectivity index (χ3n) is 4.30. The fourth-order valence-electron chi connectivity index (χ4n) is 2.72. The van der Waals surface area contributed by atoms with Crippen LogP contribution in [-0.4, -0.2) is 48.3 Å². The Kier molecular flexibility index (Phi) is 8.82. The van der Waals surface area contributed by atoms with Crippen molar-refractivity contribution < 1.29 is 23.5 Å². The monoisotopic (exact) mass is 434 g/mol. The molecule has 2 rings (SSSR count). The van der Waals surface area contributed by atoms with Crippen LogP contribution in [0.15, 0.2) is 38.5 Å². The maximum absolute atomic E-state index is 12.8. The van der Waals surface area contributed by atoms with E-state index in [2.05, 4.69) is 4.98 Å². The summed E-state index contributed by atoms with van der Waals surface area (Å²) in [7, 11) is 1.43. The van der Waals surface area contributed by atoms with E-state index in [0.717, 1.165) is 17.4 Å². The molecule has 0 atom stereocenters. The largest absolute Gasteiger partial charge is 0.465 e. The van der Waals surface area contributed by atoms with Gasteiger partial charge in [-0.15, -0.1) is 0 Å². The zero-order valence-corrected chi connectivity index (χ0v) is 17.5. The average molecular weight is 434 g/mol. The van der Waals surface area contributed by atoms with Crippen LogP contribution < -0.4 is 21.9 Å². The number of aromatic amines is 1. The van der Waals surface area contributed by atoms with Crippen molar-refractivity contribution >= 4 is 29.5 Å². The van der Waals surface area contributed by atoms with E-state index in [1.165, 1.54) is 24.0 Å². The van der Waals surface area contributed by atoms with Gasteiger partial charge in [0.05, 0.1) is 12.9 Å². The summed E-state index contributed by atoms with van der Waals surface area (Å²) in [5.41, 5.74) is 4.40. The first-order valence-electron chi connectivity index (χ1n) is 9.69. The van der Waals surface area contributed by atoms with E-state index in [1.807, 2.05) is 6.92 Å². The zero-order chi connectivity index (χ0) is 22.8. The third kappa shape index (κ3) is 6.44. The van der Waals surface area contributed by atoms with Gasteiger partial charge in [-0.1, -0.05) is 13.3 Å². The lowest BCUT2D eigenvalue weighted by Crippen LogP contribution is -2.44. The predicted octanol–water partition coefficient (Wildman–Crippen LogP) is 0.748. The number of amides is 1. The second-order valence-corrected chi connectivity index (χ2v) is 6.49. The summed E-state index contributed by atoms with van der Waals surface area (Å²) in [5, 5.41) is 0. The average Bonchev–Trinajstić information content (AvgIpc) is 3.26. The first-order chi connectivity index (χ1) is 14.9. The number of hydrogen-bond acceptors (Lipinski definition) is 8. The van der Waals surface area contributed by atoms with E-state index in [9.17, 15) is 19.2 Å². The minimum absolute atomic E-state index is 0.0334. The Morgan fingerprint density at radius 1 is 1.35 bits per heavy atom. The number of nitrogen functional groups attached to an aromatic ring is 1. The summed E-state index contributed by atoms with van der Waals surface area (Å²) in [6.07, 6.45) is 5.40.